The highest BCUT2D eigenvalue weighted by Crippen LogP contribution is 2.21. The molecule has 54 valence electrons. The van der Waals surface area contributed by atoms with E-state index in [9.17, 15) is 0 Å². The summed E-state index contributed by atoms with van der Waals surface area (Å²) in [6.07, 6.45) is 1.51. The molecular formula is C6H6ClNOS. The van der Waals surface area contributed by atoms with Crippen molar-refractivity contribution in [3.8, 4) is 5.88 Å². The van der Waals surface area contributed by atoms with Gasteiger partial charge in [-0.2, -0.15) is 0 Å². The molecule has 1 rings (SSSR count). The maximum atomic E-state index is 5.61. The fourth-order valence-corrected chi connectivity index (χ4v) is 1.10. The molecule has 1 heterocycles. The predicted molar refractivity (Wildman–Crippen MR) is 43.1 cm³/mol. The number of nitrogens with zero attached hydrogens (tertiary/aromatic N) is 1. The molecule has 0 unspecified atom stereocenters. The zero-order chi connectivity index (χ0) is 7.56. The minimum absolute atomic E-state index is 0.493. The van der Waals surface area contributed by atoms with Gasteiger partial charge in [0.05, 0.1) is 17.0 Å². The third-order valence-corrected chi connectivity index (χ3v) is 1.52. The lowest BCUT2D eigenvalue weighted by atomic mass is 10.5. The van der Waals surface area contributed by atoms with Crippen LogP contribution in [-0.4, -0.2) is 12.1 Å². The molecule has 10 heavy (non-hydrogen) atoms. The van der Waals surface area contributed by atoms with E-state index in [1.807, 2.05) is 0 Å². The van der Waals surface area contributed by atoms with Crippen LogP contribution in [0.15, 0.2) is 17.2 Å². The summed E-state index contributed by atoms with van der Waals surface area (Å²) >= 11 is 9.68. The zero-order valence-electron chi connectivity index (χ0n) is 5.34. The molecule has 0 atom stereocenters. The molecule has 0 aliphatic rings. The fourth-order valence-electron chi connectivity index (χ4n) is 0.573. The van der Waals surface area contributed by atoms with Crippen LogP contribution >= 0.6 is 24.2 Å². The number of rotatable bonds is 1. The van der Waals surface area contributed by atoms with E-state index in [1.54, 1.807) is 6.07 Å². The zero-order valence-corrected chi connectivity index (χ0v) is 6.99. The van der Waals surface area contributed by atoms with E-state index in [2.05, 4.69) is 17.6 Å². The van der Waals surface area contributed by atoms with Crippen molar-refractivity contribution in [2.45, 2.75) is 4.90 Å². The van der Waals surface area contributed by atoms with Crippen LogP contribution in [0, 0.1) is 0 Å². The molecule has 0 saturated heterocycles. The lowest BCUT2D eigenvalue weighted by Crippen LogP contribution is -1.87. The van der Waals surface area contributed by atoms with Gasteiger partial charge in [0.15, 0.2) is 0 Å². The molecule has 0 radical (unpaired) electrons. The molecule has 0 aliphatic heterocycles. The maximum absolute atomic E-state index is 5.61. The Morgan fingerprint density at radius 3 is 2.90 bits per heavy atom. The Morgan fingerprint density at radius 2 is 2.40 bits per heavy atom. The van der Waals surface area contributed by atoms with Crippen molar-refractivity contribution in [3.05, 3.63) is 17.3 Å². The lowest BCUT2D eigenvalue weighted by molar-refractivity contribution is 0.387. The molecule has 0 amide bonds. The summed E-state index contributed by atoms with van der Waals surface area (Å²) in [6.45, 7) is 0. The molecule has 2 nitrogen and oxygen atoms in total. The van der Waals surface area contributed by atoms with Gasteiger partial charge in [-0.3, -0.25) is 0 Å². The van der Waals surface area contributed by atoms with Crippen LogP contribution in [0.4, 0.5) is 0 Å². The summed E-state index contributed by atoms with van der Waals surface area (Å²) in [6, 6.07) is 1.68. The number of hydrogen-bond acceptors (Lipinski definition) is 3. The minimum atomic E-state index is 0.493. The first-order valence-electron chi connectivity index (χ1n) is 2.62. The third-order valence-electron chi connectivity index (χ3n) is 0.992. The largest absolute Gasteiger partial charge is 0.480 e. The minimum Gasteiger partial charge on any atom is -0.480 e. The number of pyridine rings is 1. The highest BCUT2D eigenvalue weighted by molar-refractivity contribution is 7.80. The smallest absolute Gasteiger partial charge is 0.226 e. The summed E-state index contributed by atoms with van der Waals surface area (Å²) in [5.41, 5.74) is 0. The Bertz CT molecular complexity index is 241. The molecule has 0 bridgehead atoms. The van der Waals surface area contributed by atoms with E-state index < -0.39 is 0 Å². The average Bonchev–Trinajstić information content (AvgIpc) is 1.88. The van der Waals surface area contributed by atoms with Crippen molar-refractivity contribution in [3.63, 3.8) is 0 Å². The van der Waals surface area contributed by atoms with Crippen molar-refractivity contribution in [1.82, 2.24) is 4.98 Å². The van der Waals surface area contributed by atoms with Crippen molar-refractivity contribution in [1.29, 1.82) is 0 Å². The Morgan fingerprint density at radius 1 is 1.70 bits per heavy atom. The van der Waals surface area contributed by atoms with E-state index in [0.717, 1.165) is 0 Å². The number of ether oxygens (including phenoxy) is 1. The van der Waals surface area contributed by atoms with E-state index in [0.29, 0.717) is 15.8 Å². The number of methoxy groups -OCH3 is 1. The molecule has 1 aromatic heterocycles. The lowest BCUT2D eigenvalue weighted by Gasteiger charge is -2.00. The van der Waals surface area contributed by atoms with E-state index >= 15 is 0 Å². The van der Waals surface area contributed by atoms with Gasteiger partial charge in [-0.1, -0.05) is 11.6 Å². The van der Waals surface area contributed by atoms with Crippen LogP contribution in [0.3, 0.4) is 0 Å². The van der Waals surface area contributed by atoms with Crippen LogP contribution in [0.1, 0.15) is 0 Å². The standard InChI is InChI=1S/C6H6ClNOS/c1-9-6-5(10)2-4(7)3-8-6/h2-3,10H,1H3. The molecule has 0 aliphatic carbocycles. The highest BCUT2D eigenvalue weighted by Gasteiger charge is 1.98. The van der Waals surface area contributed by atoms with Gasteiger partial charge >= 0.3 is 0 Å². The fraction of sp³-hybridized carbons (Fsp3) is 0.167. The van der Waals surface area contributed by atoms with Gasteiger partial charge in [0, 0.05) is 6.20 Å². The SMILES string of the molecule is COc1ncc(Cl)cc1S. The van der Waals surface area contributed by atoms with Gasteiger partial charge in [-0.05, 0) is 6.07 Å². The summed E-state index contributed by atoms with van der Waals surface area (Å²) in [5, 5.41) is 0.561. The van der Waals surface area contributed by atoms with Crippen molar-refractivity contribution in [2.75, 3.05) is 7.11 Å². The summed E-state index contributed by atoms with van der Waals surface area (Å²) in [5.74, 6) is 0.493. The van der Waals surface area contributed by atoms with Gasteiger partial charge in [0.2, 0.25) is 5.88 Å². The monoisotopic (exact) mass is 175 g/mol. The predicted octanol–water partition coefficient (Wildman–Crippen LogP) is 2.03. The first-order chi connectivity index (χ1) is 4.74. The molecule has 0 saturated carbocycles. The number of thiol groups is 1. The van der Waals surface area contributed by atoms with Crippen LogP contribution < -0.4 is 4.74 Å². The molecule has 4 heteroatoms. The second-order valence-corrected chi connectivity index (χ2v) is 2.60. The summed E-state index contributed by atoms with van der Waals surface area (Å²) in [4.78, 5) is 4.51. The van der Waals surface area contributed by atoms with Crippen molar-refractivity contribution >= 4 is 24.2 Å². The molecular weight excluding hydrogens is 170 g/mol. The van der Waals surface area contributed by atoms with Gasteiger partial charge in [-0.15, -0.1) is 12.6 Å². The van der Waals surface area contributed by atoms with Crippen molar-refractivity contribution < 1.29 is 4.74 Å². The quantitative estimate of drug-likeness (QED) is 0.660. The number of hydrogen-bond donors (Lipinski definition) is 1. The van der Waals surface area contributed by atoms with Crippen LogP contribution in [0.25, 0.3) is 0 Å². The highest BCUT2D eigenvalue weighted by atomic mass is 35.5. The van der Waals surface area contributed by atoms with Crippen molar-refractivity contribution in [2.24, 2.45) is 0 Å². The van der Waals surface area contributed by atoms with Gasteiger partial charge < -0.3 is 4.74 Å². The Labute approximate surface area is 69.6 Å². The number of aromatic nitrogens is 1. The van der Waals surface area contributed by atoms with Gasteiger partial charge in [0.25, 0.3) is 0 Å². The van der Waals surface area contributed by atoms with Crippen LogP contribution in [0.5, 0.6) is 5.88 Å². The third kappa shape index (κ3) is 1.55. The van der Waals surface area contributed by atoms with E-state index in [4.69, 9.17) is 16.3 Å². The number of halogens is 1. The molecule has 0 spiro atoms. The average molecular weight is 176 g/mol. The first kappa shape index (κ1) is 7.69. The second-order valence-electron chi connectivity index (χ2n) is 1.68. The molecule has 0 aromatic carbocycles. The van der Waals surface area contributed by atoms with E-state index in [-0.39, 0.29) is 0 Å². The van der Waals surface area contributed by atoms with E-state index in [1.165, 1.54) is 13.3 Å². The van der Waals surface area contributed by atoms with Crippen LogP contribution in [0.2, 0.25) is 5.02 Å². The maximum Gasteiger partial charge on any atom is 0.226 e. The summed E-state index contributed by atoms with van der Waals surface area (Å²) < 4.78 is 4.85. The Hall–Kier alpha value is -0.410. The van der Waals surface area contributed by atoms with Gasteiger partial charge in [-0.25, -0.2) is 4.98 Å². The second kappa shape index (κ2) is 3.12. The summed E-state index contributed by atoms with van der Waals surface area (Å²) in [7, 11) is 1.54. The Kier molecular flexibility index (Phi) is 2.40. The van der Waals surface area contributed by atoms with Gasteiger partial charge in [0.1, 0.15) is 0 Å². The Balaban J connectivity index is 3.07. The normalized spacial score (nSPS) is 9.50. The first-order valence-corrected chi connectivity index (χ1v) is 3.45. The molecule has 0 fully saturated rings. The molecule has 1 aromatic rings. The topological polar surface area (TPSA) is 22.1 Å². The van der Waals surface area contributed by atoms with Crippen LogP contribution in [-0.2, 0) is 0 Å². The molecule has 0 N–H and O–H groups in total.